The van der Waals surface area contributed by atoms with E-state index in [0.717, 1.165) is 82.0 Å². The molecule has 1 amide bonds. The maximum absolute atomic E-state index is 12.6. The van der Waals surface area contributed by atoms with Gasteiger partial charge in [-0.15, -0.1) is 10.1 Å². The van der Waals surface area contributed by atoms with E-state index < -0.39 is 5.09 Å². The number of piperazine rings is 1. The summed E-state index contributed by atoms with van der Waals surface area (Å²) in [5, 5.41) is 20.4. The molecule has 0 aliphatic carbocycles. The largest absolute Gasteiger partial charge is 0.354 e. The molecule has 1 aromatic rings. The lowest BCUT2D eigenvalue weighted by Crippen LogP contribution is -2.49. The third-order valence-electron chi connectivity index (χ3n) is 8.04. The van der Waals surface area contributed by atoms with Crippen LogP contribution in [0.1, 0.15) is 121 Å². The van der Waals surface area contributed by atoms with E-state index in [2.05, 4.69) is 33.5 Å². The Morgan fingerprint density at radius 1 is 0.950 bits per heavy atom. The molecule has 0 aromatic carbocycles. The summed E-state index contributed by atoms with van der Waals surface area (Å²) in [4.78, 5) is 36.2. The third-order valence-corrected chi connectivity index (χ3v) is 8.04. The number of amides is 1. The number of carbonyl (C=O) groups is 1. The van der Waals surface area contributed by atoms with E-state index in [1.807, 2.05) is 6.07 Å². The van der Waals surface area contributed by atoms with Crippen molar-refractivity contribution in [1.82, 2.24) is 14.9 Å². The monoisotopic (exact) mass is 563 g/mol. The molecule has 10 nitrogen and oxygen atoms in total. The highest BCUT2D eigenvalue weighted by atomic mass is 16.9. The molecule has 1 aliphatic rings. The molecule has 1 aromatic heterocycles. The molecule has 1 saturated heterocycles. The lowest BCUT2D eigenvalue weighted by atomic mass is 10.0. The van der Waals surface area contributed by atoms with E-state index in [4.69, 9.17) is 0 Å². The second-order valence-corrected chi connectivity index (χ2v) is 11.1. The summed E-state index contributed by atoms with van der Waals surface area (Å²) >= 11 is 0. The van der Waals surface area contributed by atoms with Crippen LogP contribution in [0.5, 0.6) is 0 Å². The molecular weight excluding hydrogens is 510 g/mol. The summed E-state index contributed by atoms with van der Waals surface area (Å²) in [5.74, 6) is 0.504. The fraction of sp³-hybridized carbons (Fsp3) is 0.800. The Morgan fingerprint density at radius 2 is 1.48 bits per heavy atom. The number of pyridine rings is 1. The van der Waals surface area contributed by atoms with E-state index in [1.54, 1.807) is 12.3 Å². The number of hydroxylamine groups is 2. The van der Waals surface area contributed by atoms with Crippen LogP contribution in [-0.4, -0.2) is 76.5 Å². The zero-order valence-electron chi connectivity index (χ0n) is 25.0. The van der Waals surface area contributed by atoms with Crippen molar-refractivity contribution in [2.75, 3.05) is 44.2 Å². The summed E-state index contributed by atoms with van der Waals surface area (Å²) in [7, 11) is 0. The van der Waals surface area contributed by atoms with Crippen LogP contribution in [0.15, 0.2) is 18.3 Å². The van der Waals surface area contributed by atoms with Crippen LogP contribution in [0, 0.1) is 10.1 Å². The molecule has 0 radical (unpaired) electrons. The average Bonchev–Trinajstić information content (AvgIpc) is 2.97. The fourth-order valence-electron chi connectivity index (χ4n) is 5.22. The average molecular weight is 564 g/mol. The number of hydrogen-bond acceptors (Lipinski definition) is 8. The standard InChI is InChI=1S/C30H53N5O5/c1-3-27(2)32-21-23-33(24-22-32)29-19-18-28(26-31-29)30(36)34(37)20-16-14-12-10-8-6-4-5-7-9-11-13-15-17-25-40-35(38)39/h18-19,26-27,37H,3-17,20-25H2,1-2H3. The van der Waals surface area contributed by atoms with Crippen LogP contribution in [0.2, 0.25) is 0 Å². The Morgan fingerprint density at radius 3 is 1.95 bits per heavy atom. The summed E-state index contributed by atoms with van der Waals surface area (Å²) in [6.45, 7) is 8.98. The molecule has 10 heteroatoms. The Hall–Kier alpha value is -2.46. The molecule has 2 heterocycles. The van der Waals surface area contributed by atoms with Crippen molar-refractivity contribution in [3.05, 3.63) is 34.0 Å². The molecule has 1 fully saturated rings. The quantitative estimate of drug-likeness (QED) is 0.0736. The second kappa shape index (κ2) is 20.4. The number of aromatic nitrogens is 1. The molecule has 0 bridgehead atoms. The van der Waals surface area contributed by atoms with Crippen LogP contribution >= 0.6 is 0 Å². The molecule has 2 rings (SSSR count). The van der Waals surface area contributed by atoms with Crippen LogP contribution in [-0.2, 0) is 4.84 Å². The summed E-state index contributed by atoms with van der Waals surface area (Å²) in [6.07, 6.45) is 18.5. The van der Waals surface area contributed by atoms with Gasteiger partial charge in [-0.3, -0.25) is 14.9 Å². The Balaban J connectivity index is 1.44. The topological polar surface area (TPSA) is 112 Å². The van der Waals surface area contributed by atoms with Gasteiger partial charge in [0.15, 0.2) is 0 Å². The predicted octanol–water partition coefficient (Wildman–Crippen LogP) is 6.50. The van der Waals surface area contributed by atoms with Crippen molar-refractivity contribution in [3.8, 4) is 0 Å². The first kappa shape index (κ1) is 33.7. The molecule has 0 spiro atoms. The van der Waals surface area contributed by atoms with Crippen molar-refractivity contribution in [2.24, 2.45) is 0 Å². The number of unbranched alkanes of at least 4 members (excludes halogenated alkanes) is 13. The molecule has 1 atom stereocenters. The number of anilines is 1. The summed E-state index contributed by atoms with van der Waals surface area (Å²) in [6, 6.07) is 4.27. The van der Waals surface area contributed by atoms with Gasteiger partial charge in [-0.05, 0) is 38.3 Å². The van der Waals surface area contributed by atoms with Crippen LogP contribution in [0.3, 0.4) is 0 Å². The van der Waals surface area contributed by atoms with Gasteiger partial charge in [-0.25, -0.2) is 10.0 Å². The SMILES string of the molecule is CCC(C)N1CCN(c2ccc(C(=O)N(O)CCCCCCCCCCCCCCCCO[N+](=O)[O-])cn2)CC1. The van der Waals surface area contributed by atoms with Gasteiger partial charge in [-0.1, -0.05) is 84.0 Å². The highest BCUT2D eigenvalue weighted by Gasteiger charge is 2.21. The van der Waals surface area contributed by atoms with Crippen molar-refractivity contribution < 1.29 is 19.9 Å². The molecular formula is C30H53N5O5. The molecule has 40 heavy (non-hydrogen) atoms. The van der Waals surface area contributed by atoms with Crippen molar-refractivity contribution >= 4 is 11.7 Å². The van der Waals surface area contributed by atoms with Crippen molar-refractivity contribution in [2.45, 2.75) is 116 Å². The van der Waals surface area contributed by atoms with Crippen LogP contribution in [0.4, 0.5) is 5.82 Å². The van der Waals surface area contributed by atoms with Gasteiger partial charge in [0.1, 0.15) is 5.82 Å². The normalized spacial score (nSPS) is 14.7. The smallest absolute Gasteiger partial charge is 0.294 e. The number of hydrogen-bond donors (Lipinski definition) is 1. The molecule has 1 unspecified atom stereocenters. The van der Waals surface area contributed by atoms with Gasteiger partial charge in [0.25, 0.3) is 11.0 Å². The zero-order valence-corrected chi connectivity index (χ0v) is 25.0. The minimum atomic E-state index is -0.721. The maximum Gasteiger partial charge on any atom is 0.294 e. The predicted molar refractivity (Wildman–Crippen MR) is 158 cm³/mol. The fourth-order valence-corrected chi connectivity index (χ4v) is 5.22. The van der Waals surface area contributed by atoms with Crippen molar-refractivity contribution in [3.63, 3.8) is 0 Å². The van der Waals surface area contributed by atoms with Gasteiger partial charge in [-0.2, -0.15) is 0 Å². The van der Waals surface area contributed by atoms with Crippen molar-refractivity contribution in [1.29, 1.82) is 0 Å². The number of carbonyl (C=O) groups excluding carboxylic acids is 1. The molecule has 0 saturated carbocycles. The third kappa shape index (κ3) is 13.7. The Labute approximate surface area is 241 Å². The van der Waals surface area contributed by atoms with Gasteiger partial charge in [0, 0.05) is 45.0 Å². The molecule has 1 N–H and O–H groups in total. The first-order valence-corrected chi connectivity index (χ1v) is 15.7. The highest BCUT2D eigenvalue weighted by molar-refractivity contribution is 5.93. The molecule has 228 valence electrons. The molecule has 1 aliphatic heterocycles. The number of rotatable bonds is 22. The van der Waals surface area contributed by atoms with E-state index in [9.17, 15) is 20.1 Å². The summed E-state index contributed by atoms with van der Waals surface area (Å²) in [5.41, 5.74) is 0.423. The Kier molecular flexibility index (Phi) is 17.2. The Bertz CT molecular complexity index is 817. The van der Waals surface area contributed by atoms with Gasteiger partial charge >= 0.3 is 0 Å². The lowest BCUT2D eigenvalue weighted by molar-refractivity contribution is -0.757. The van der Waals surface area contributed by atoms with Gasteiger partial charge < -0.3 is 9.74 Å². The number of nitrogens with zero attached hydrogens (tertiary/aromatic N) is 5. The zero-order chi connectivity index (χ0) is 29.0. The van der Waals surface area contributed by atoms with Gasteiger partial charge in [0.05, 0.1) is 12.2 Å². The van der Waals surface area contributed by atoms with E-state index in [1.165, 1.54) is 51.4 Å². The van der Waals surface area contributed by atoms with E-state index >= 15 is 0 Å². The maximum atomic E-state index is 12.6. The second-order valence-electron chi connectivity index (χ2n) is 11.1. The lowest BCUT2D eigenvalue weighted by Gasteiger charge is -2.38. The summed E-state index contributed by atoms with van der Waals surface area (Å²) < 4.78 is 0. The van der Waals surface area contributed by atoms with E-state index in [-0.39, 0.29) is 12.5 Å². The first-order valence-electron chi connectivity index (χ1n) is 15.7. The minimum Gasteiger partial charge on any atom is -0.354 e. The first-order chi connectivity index (χ1) is 19.4. The highest BCUT2D eigenvalue weighted by Crippen LogP contribution is 2.17. The minimum absolute atomic E-state index is 0.215. The van der Waals surface area contributed by atoms with Crippen LogP contribution in [0.25, 0.3) is 0 Å². The van der Waals surface area contributed by atoms with Crippen LogP contribution < -0.4 is 4.90 Å². The van der Waals surface area contributed by atoms with Gasteiger partial charge in [0.2, 0.25) is 0 Å². The van der Waals surface area contributed by atoms with E-state index in [0.29, 0.717) is 18.2 Å².